The summed E-state index contributed by atoms with van der Waals surface area (Å²) in [4.78, 5) is 26.2. The maximum absolute atomic E-state index is 13.1. The largest absolute Gasteiger partial charge is 0.382 e. The number of hydrogen-bond donors (Lipinski definition) is 2. The normalized spacial score (nSPS) is 18.8. The number of nitrogens with one attached hydrogen (secondary N) is 2. The molecule has 0 bridgehead atoms. The molecule has 0 aliphatic heterocycles. The number of anilines is 2. The molecule has 2 N–H and O–H groups in total. The highest BCUT2D eigenvalue weighted by Crippen LogP contribution is 2.39. The molecule has 0 radical (unpaired) electrons. The van der Waals surface area contributed by atoms with Crippen molar-refractivity contribution in [3.8, 4) is 0 Å². The zero-order valence-electron chi connectivity index (χ0n) is 13.3. The van der Waals surface area contributed by atoms with Gasteiger partial charge in [0.1, 0.15) is 0 Å². The molecule has 0 heterocycles. The van der Waals surface area contributed by atoms with E-state index in [2.05, 4.69) is 10.6 Å². The SMILES string of the molecule is O=C1c2ccccc2C(=O)c2c(NC3CC3)ccc(NC3CC3)c21. The highest BCUT2D eigenvalue weighted by molar-refractivity contribution is 6.31. The smallest absolute Gasteiger partial charge is 0.196 e. The summed E-state index contributed by atoms with van der Waals surface area (Å²) in [7, 11) is 0. The molecule has 2 aromatic carbocycles. The fourth-order valence-corrected chi connectivity index (χ4v) is 3.36. The molecule has 120 valence electrons. The lowest BCUT2D eigenvalue weighted by Crippen LogP contribution is -2.24. The summed E-state index contributed by atoms with van der Waals surface area (Å²) in [5.41, 5.74) is 3.69. The summed E-state index contributed by atoms with van der Waals surface area (Å²) < 4.78 is 0. The van der Waals surface area contributed by atoms with Gasteiger partial charge in [0, 0.05) is 34.6 Å². The average Bonchev–Trinajstić information content (AvgIpc) is 3.50. The molecule has 24 heavy (non-hydrogen) atoms. The Kier molecular flexibility index (Phi) is 2.84. The average molecular weight is 318 g/mol. The number of carbonyl (C=O) groups excluding carboxylic acids is 2. The fraction of sp³-hybridized carbons (Fsp3) is 0.300. The van der Waals surface area contributed by atoms with Crippen LogP contribution in [0.1, 0.15) is 57.5 Å². The zero-order valence-corrected chi connectivity index (χ0v) is 13.3. The molecule has 4 heteroatoms. The van der Waals surface area contributed by atoms with Crippen molar-refractivity contribution >= 4 is 22.9 Å². The first kappa shape index (κ1) is 13.8. The van der Waals surface area contributed by atoms with Gasteiger partial charge in [0.05, 0.1) is 11.1 Å². The highest BCUT2D eigenvalue weighted by Gasteiger charge is 2.36. The molecule has 0 unspecified atom stereocenters. The second-order valence-corrected chi connectivity index (χ2v) is 6.95. The van der Waals surface area contributed by atoms with Gasteiger partial charge in [0.15, 0.2) is 11.6 Å². The minimum atomic E-state index is -0.0530. The van der Waals surface area contributed by atoms with Gasteiger partial charge in [-0.3, -0.25) is 9.59 Å². The third-order valence-corrected chi connectivity index (χ3v) is 4.95. The second-order valence-electron chi connectivity index (χ2n) is 6.95. The van der Waals surface area contributed by atoms with Gasteiger partial charge >= 0.3 is 0 Å². The van der Waals surface area contributed by atoms with Gasteiger partial charge in [-0.05, 0) is 37.8 Å². The van der Waals surface area contributed by atoms with Crippen LogP contribution in [0.4, 0.5) is 11.4 Å². The highest BCUT2D eigenvalue weighted by atomic mass is 16.1. The van der Waals surface area contributed by atoms with E-state index in [-0.39, 0.29) is 11.6 Å². The number of ketones is 2. The zero-order chi connectivity index (χ0) is 16.3. The first-order chi connectivity index (χ1) is 11.7. The molecule has 2 aromatic rings. The van der Waals surface area contributed by atoms with Crippen molar-refractivity contribution in [2.45, 2.75) is 37.8 Å². The Labute approximate surface area is 140 Å². The van der Waals surface area contributed by atoms with E-state index in [9.17, 15) is 9.59 Å². The lowest BCUT2D eigenvalue weighted by atomic mass is 9.82. The van der Waals surface area contributed by atoms with E-state index in [0.29, 0.717) is 34.3 Å². The van der Waals surface area contributed by atoms with E-state index in [1.54, 1.807) is 12.1 Å². The van der Waals surface area contributed by atoms with E-state index < -0.39 is 0 Å². The van der Waals surface area contributed by atoms with Crippen molar-refractivity contribution in [2.75, 3.05) is 10.6 Å². The molecule has 2 saturated carbocycles. The van der Waals surface area contributed by atoms with E-state index in [0.717, 1.165) is 37.1 Å². The van der Waals surface area contributed by atoms with Crippen molar-refractivity contribution in [2.24, 2.45) is 0 Å². The molecule has 2 fully saturated rings. The van der Waals surface area contributed by atoms with Crippen LogP contribution in [-0.4, -0.2) is 23.7 Å². The summed E-state index contributed by atoms with van der Waals surface area (Å²) in [5.74, 6) is -0.106. The van der Waals surface area contributed by atoms with Crippen LogP contribution < -0.4 is 10.6 Å². The summed E-state index contributed by atoms with van der Waals surface area (Å²) in [6, 6.07) is 11.9. The molecule has 0 spiro atoms. The minimum Gasteiger partial charge on any atom is -0.382 e. The van der Waals surface area contributed by atoms with Crippen LogP contribution >= 0.6 is 0 Å². The van der Waals surface area contributed by atoms with Crippen LogP contribution in [0.3, 0.4) is 0 Å². The van der Waals surface area contributed by atoms with Crippen LogP contribution in [0.25, 0.3) is 0 Å². The number of hydrogen-bond acceptors (Lipinski definition) is 4. The van der Waals surface area contributed by atoms with E-state index >= 15 is 0 Å². The Bertz CT molecular complexity index is 807. The van der Waals surface area contributed by atoms with Gasteiger partial charge in [-0.1, -0.05) is 24.3 Å². The Morgan fingerprint density at radius 3 is 1.46 bits per heavy atom. The van der Waals surface area contributed by atoms with Crippen LogP contribution in [0.15, 0.2) is 36.4 Å². The van der Waals surface area contributed by atoms with Crippen LogP contribution in [-0.2, 0) is 0 Å². The quantitative estimate of drug-likeness (QED) is 0.771. The van der Waals surface area contributed by atoms with Crippen LogP contribution in [0.5, 0.6) is 0 Å². The Hall–Kier alpha value is -2.62. The van der Waals surface area contributed by atoms with Crippen molar-refractivity contribution in [1.29, 1.82) is 0 Å². The third kappa shape index (κ3) is 2.13. The second kappa shape index (κ2) is 4.94. The van der Waals surface area contributed by atoms with Crippen molar-refractivity contribution in [3.05, 3.63) is 58.7 Å². The maximum atomic E-state index is 13.1. The predicted molar refractivity (Wildman–Crippen MR) is 93.0 cm³/mol. The van der Waals surface area contributed by atoms with E-state index in [4.69, 9.17) is 0 Å². The maximum Gasteiger partial charge on any atom is 0.196 e. The van der Waals surface area contributed by atoms with Gasteiger partial charge in [0.2, 0.25) is 0 Å². The Morgan fingerprint density at radius 1 is 0.667 bits per heavy atom. The Morgan fingerprint density at radius 2 is 1.08 bits per heavy atom. The minimum absolute atomic E-state index is 0.0530. The van der Waals surface area contributed by atoms with Gasteiger partial charge in [0.25, 0.3) is 0 Å². The van der Waals surface area contributed by atoms with Crippen LogP contribution in [0, 0.1) is 0 Å². The molecular formula is C20H18N2O2. The monoisotopic (exact) mass is 318 g/mol. The van der Waals surface area contributed by atoms with E-state index in [1.807, 2.05) is 24.3 Å². The summed E-state index contributed by atoms with van der Waals surface area (Å²) >= 11 is 0. The topological polar surface area (TPSA) is 58.2 Å². The molecule has 3 aliphatic rings. The molecule has 0 aromatic heterocycles. The van der Waals surface area contributed by atoms with Crippen molar-refractivity contribution in [1.82, 2.24) is 0 Å². The number of benzene rings is 2. The molecule has 4 nitrogen and oxygen atoms in total. The number of rotatable bonds is 4. The molecule has 5 rings (SSSR count). The molecular weight excluding hydrogens is 300 g/mol. The predicted octanol–water partition coefficient (Wildman–Crippen LogP) is 3.61. The molecule has 0 atom stereocenters. The van der Waals surface area contributed by atoms with Crippen molar-refractivity contribution < 1.29 is 9.59 Å². The first-order valence-corrected chi connectivity index (χ1v) is 8.61. The van der Waals surface area contributed by atoms with Gasteiger partial charge in [-0.25, -0.2) is 0 Å². The lowest BCUT2D eigenvalue weighted by Gasteiger charge is -2.24. The number of carbonyl (C=O) groups is 2. The standard InChI is InChI=1S/C20H18N2O2/c23-19-13-3-1-2-4-14(13)20(24)18-16(22-12-7-8-12)10-9-15(17(18)19)21-11-5-6-11/h1-4,9-12,21-22H,5-8H2. The summed E-state index contributed by atoms with van der Waals surface area (Å²) in [6.07, 6.45) is 4.48. The van der Waals surface area contributed by atoms with Gasteiger partial charge < -0.3 is 10.6 Å². The van der Waals surface area contributed by atoms with Gasteiger partial charge in [-0.2, -0.15) is 0 Å². The first-order valence-electron chi connectivity index (χ1n) is 8.61. The molecule has 0 amide bonds. The molecule has 3 aliphatic carbocycles. The van der Waals surface area contributed by atoms with Gasteiger partial charge in [-0.15, -0.1) is 0 Å². The third-order valence-electron chi connectivity index (χ3n) is 4.95. The fourth-order valence-electron chi connectivity index (χ4n) is 3.36. The summed E-state index contributed by atoms with van der Waals surface area (Å²) in [6.45, 7) is 0. The number of fused-ring (bicyclic) bond motifs is 2. The van der Waals surface area contributed by atoms with Crippen molar-refractivity contribution in [3.63, 3.8) is 0 Å². The Balaban J connectivity index is 1.70. The lowest BCUT2D eigenvalue weighted by molar-refractivity contribution is 0.0980. The van der Waals surface area contributed by atoms with Crippen LogP contribution in [0.2, 0.25) is 0 Å². The summed E-state index contributed by atoms with van der Waals surface area (Å²) in [5, 5.41) is 6.84. The molecule has 0 saturated heterocycles. The van der Waals surface area contributed by atoms with E-state index in [1.165, 1.54) is 0 Å².